The zero-order valence-electron chi connectivity index (χ0n) is 11.8. The maximum atomic E-state index is 11.7. The monoisotopic (exact) mass is 252 g/mol. The Morgan fingerprint density at radius 3 is 2.50 bits per heavy atom. The van der Waals surface area contributed by atoms with E-state index in [9.17, 15) is 4.79 Å². The predicted octanol–water partition coefficient (Wildman–Crippen LogP) is 4.78. The average Bonchev–Trinajstić information content (AvgIpc) is 2.38. The lowest BCUT2D eigenvalue weighted by atomic mass is 10.1. The molecule has 1 aliphatic heterocycles. The van der Waals surface area contributed by atoms with E-state index in [1.165, 1.54) is 25.7 Å². The SMILES string of the molecule is CCC1CCCC=CCCCCCCCC(=O)O1. The van der Waals surface area contributed by atoms with E-state index in [4.69, 9.17) is 4.74 Å². The molecular formula is C16H28O2. The molecule has 1 unspecified atom stereocenters. The lowest BCUT2D eigenvalue weighted by Gasteiger charge is -2.15. The van der Waals surface area contributed by atoms with E-state index in [1.54, 1.807) is 0 Å². The van der Waals surface area contributed by atoms with Crippen molar-refractivity contribution in [2.45, 2.75) is 83.7 Å². The van der Waals surface area contributed by atoms with Gasteiger partial charge in [-0.3, -0.25) is 4.79 Å². The summed E-state index contributed by atoms with van der Waals surface area (Å²) in [5, 5.41) is 0. The summed E-state index contributed by atoms with van der Waals surface area (Å²) in [6.07, 6.45) is 16.7. The molecule has 0 aromatic rings. The molecule has 0 aliphatic carbocycles. The summed E-state index contributed by atoms with van der Waals surface area (Å²) >= 11 is 0. The van der Waals surface area contributed by atoms with Crippen LogP contribution in [0.2, 0.25) is 0 Å². The molecule has 1 atom stereocenters. The molecule has 18 heavy (non-hydrogen) atoms. The van der Waals surface area contributed by atoms with Crippen LogP contribution in [0.1, 0.15) is 77.6 Å². The fourth-order valence-corrected chi connectivity index (χ4v) is 2.35. The summed E-state index contributed by atoms with van der Waals surface area (Å²) in [7, 11) is 0. The summed E-state index contributed by atoms with van der Waals surface area (Å²) in [6.45, 7) is 2.10. The summed E-state index contributed by atoms with van der Waals surface area (Å²) in [6, 6.07) is 0. The van der Waals surface area contributed by atoms with Gasteiger partial charge >= 0.3 is 5.97 Å². The Kier molecular flexibility index (Phi) is 8.62. The van der Waals surface area contributed by atoms with E-state index in [2.05, 4.69) is 19.1 Å². The van der Waals surface area contributed by atoms with E-state index in [0.29, 0.717) is 6.42 Å². The zero-order chi connectivity index (χ0) is 13.1. The molecule has 1 aliphatic rings. The fraction of sp³-hybridized carbons (Fsp3) is 0.812. The van der Waals surface area contributed by atoms with E-state index in [0.717, 1.165) is 38.5 Å². The van der Waals surface area contributed by atoms with Gasteiger partial charge in [0.2, 0.25) is 0 Å². The van der Waals surface area contributed by atoms with Crippen LogP contribution in [-0.2, 0) is 9.53 Å². The van der Waals surface area contributed by atoms with Gasteiger partial charge < -0.3 is 4.74 Å². The number of cyclic esters (lactones) is 1. The number of esters is 1. The summed E-state index contributed by atoms with van der Waals surface area (Å²) in [4.78, 5) is 11.7. The molecule has 0 bridgehead atoms. The molecule has 0 saturated heterocycles. The van der Waals surface area contributed by atoms with Gasteiger partial charge in [0, 0.05) is 6.42 Å². The van der Waals surface area contributed by atoms with Gasteiger partial charge in [-0.1, -0.05) is 38.3 Å². The van der Waals surface area contributed by atoms with Crippen LogP contribution in [0.15, 0.2) is 12.2 Å². The second kappa shape index (κ2) is 10.2. The minimum atomic E-state index is 0.00673. The molecule has 2 nitrogen and oxygen atoms in total. The minimum absolute atomic E-state index is 0.00673. The molecule has 104 valence electrons. The molecule has 0 aromatic heterocycles. The number of ether oxygens (including phenoxy) is 1. The van der Waals surface area contributed by atoms with Crippen molar-refractivity contribution < 1.29 is 9.53 Å². The maximum absolute atomic E-state index is 11.7. The molecule has 1 heterocycles. The predicted molar refractivity (Wildman–Crippen MR) is 75.5 cm³/mol. The largest absolute Gasteiger partial charge is 0.462 e. The highest BCUT2D eigenvalue weighted by Gasteiger charge is 2.11. The van der Waals surface area contributed by atoms with Crippen LogP contribution in [0.25, 0.3) is 0 Å². The molecule has 0 radical (unpaired) electrons. The van der Waals surface area contributed by atoms with Gasteiger partial charge in [0.05, 0.1) is 0 Å². The standard InChI is InChI=1S/C16H28O2/c1-2-15-13-11-9-7-5-3-4-6-8-10-12-14-16(17)18-15/h5,7,15H,2-4,6,8-14H2,1H3. The number of hydrogen-bond acceptors (Lipinski definition) is 2. The number of rotatable bonds is 1. The Balaban J connectivity index is 2.36. The van der Waals surface area contributed by atoms with Crippen molar-refractivity contribution in [2.24, 2.45) is 0 Å². The molecule has 0 saturated carbocycles. The van der Waals surface area contributed by atoms with E-state index < -0.39 is 0 Å². The van der Waals surface area contributed by atoms with Crippen LogP contribution in [0, 0.1) is 0 Å². The molecular weight excluding hydrogens is 224 g/mol. The maximum Gasteiger partial charge on any atom is 0.306 e. The van der Waals surface area contributed by atoms with Crippen molar-refractivity contribution in [2.75, 3.05) is 0 Å². The second-order valence-electron chi connectivity index (χ2n) is 5.23. The number of allylic oxidation sites excluding steroid dienone is 2. The summed E-state index contributed by atoms with van der Waals surface area (Å²) in [5.41, 5.74) is 0. The van der Waals surface area contributed by atoms with Crippen molar-refractivity contribution in [1.82, 2.24) is 0 Å². The molecule has 1 rings (SSSR count). The lowest BCUT2D eigenvalue weighted by molar-refractivity contribution is -0.149. The van der Waals surface area contributed by atoms with Gasteiger partial charge in [-0.05, 0) is 44.9 Å². The summed E-state index contributed by atoms with van der Waals surface area (Å²) in [5.74, 6) is 0.00673. The third kappa shape index (κ3) is 7.52. The highest BCUT2D eigenvalue weighted by Crippen LogP contribution is 2.14. The zero-order valence-corrected chi connectivity index (χ0v) is 11.8. The minimum Gasteiger partial charge on any atom is -0.462 e. The Bertz CT molecular complexity index is 245. The van der Waals surface area contributed by atoms with Crippen LogP contribution < -0.4 is 0 Å². The Morgan fingerprint density at radius 2 is 1.72 bits per heavy atom. The van der Waals surface area contributed by atoms with Gasteiger partial charge in [-0.2, -0.15) is 0 Å². The fourth-order valence-electron chi connectivity index (χ4n) is 2.35. The smallest absolute Gasteiger partial charge is 0.306 e. The first-order chi connectivity index (χ1) is 8.83. The number of carbonyl (C=O) groups is 1. The van der Waals surface area contributed by atoms with Crippen molar-refractivity contribution >= 4 is 5.97 Å². The van der Waals surface area contributed by atoms with Crippen molar-refractivity contribution in [3.63, 3.8) is 0 Å². The van der Waals surface area contributed by atoms with Crippen LogP contribution in [0.5, 0.6) is 0 Å². The average molecular weight is 252 g/mol. The topological polar surface area (TPSA) is 26.3 Å². The van der Waals surface area contributed by atoms with Gasteiger partial charge in [-0.25, -0.2) is 0 Å². The van der Waals surface area contributed by atoms with Crippen molar-refractivity contribution in [3.8, 4) is 0 Å². The van der Waals surface area contributed by atoms with Gasteiger partial charge in [0.1, 0.15) is 6.10 Å². The highest BCUT2D eigenvalue weighted by atomic mass is 16.5. The molecule has 0 amide bonds. The quantitative estimate of drug-likeness (QED) is 0.496. The molecule has 0 spiro atoms. The normalized spacial score (nSPS) is 24.9. The Hall–Kier alpha value is -0.790. The Morgan fingerprint density at radius 1 is 1.06 bits per heavy atom. The van der Waals surface area contributed by atoms with Gasteiger partial charge in [0.25, 0.3) is 0 Å². The first-order valence-electron chi connectivity index (χ1n) is 7.67. The first kappa shape index (κ1) is 15.3. The number of carbonyl (C=O) groups excluding carboxylic acids is 1. The van der Waals surface area contributed by atoms with Gasteiger partial charge in [-0.15, -0.1) is 0 Å². The lowest BCUT2D eigenvalue weighted by Crippen LogP contribution is -2.17. The van der Waals surface area contributed by atoms with Crippen LogP contribution >= 0.6 is 0 Å². The number of hydrogen-bond donors (Lipinski definition) is 0. The first-order valence-corrected chi connectivity index (χ1v) is 7.67. The summed E-state index contributed by atoms with van der Waals surface area (Å²) < 4.78 is 5.51. The van der Waals surface area contributed by atoms with E-state index >= 15 is 0 Å². The van der Waals surface area contributed by atoms with Crippen LogP contribution in [-0.4, -0.2) is 12.1 Å². The van der Waals surface area contributed by atoms with Crippen molar-refractivity contribution in [1.29, 1.82) is 0 Å². The third-order valence-electron chi connectivity index (χ3n) is 3.57. The van der Waals surface area contributed by atoms with Crippen LogP contribution in [0.4, 0.5) is 0 Å². The van der Waals surface area contributed by atoms with Gasteiger partial charge in [0.15, 0.2) is 0 Å². The molecule has 2 heteroatoms. The van der Waals surface area contributed by atoms with E-state index in [-0.39, 0.29) is 12.1 Å². The Labute approximate surface area is 112 Å². The molecule has 0 N–H and O–H groups in total. The third-order valence-corrected chi connectivity index (χ3v) is 3.57. The molecule has 0 aromatic carbocycles. The van der Waals surface area contributed by atoms with E-state index in [1.807, 2.05) is 0 Å². The highest BCUT2D eigenvalue weighted by molar-refractivity contribution is 5.69. The second-order valence-corrected chi connectivity index (χ2v) is 5.23. The van der Waals surface area contributed by atoms with Crippen molar-refractivity contribution in [3.05, 3.63) is 12.2 Å². The molecule has 0 fully saturated rings. The van der Waals surface area contributed by atoms with Crippen LogP contribution in [0.3, 0.4) is 0 Å².